The molecule has 0 spiro atoms. The van der Waals surface area contributed by atoms with Gasteiger partial charge >= 0.3 is 17.9 Å². The summed E-state index contributed by atoms with van der Waals surface area (Å²) in [7, 11) is 0. The monoisotopic (exact) mass is 404 g/mol. The first-order valence-electron chi connectivity index (χ1n) is 9.29. The van der Waals surface area contributed by atoms with Crippen LogP contribution in [0, 0.1) is 17.8 Å². The molecule has 6 atom stereocenters. The summed E-state index contributed by atoms with van der Waals surface area (Å²) in [6.45, 7) is 10.6. The Morgan fingerprint density at radius 1 is 1.28 bits per heavy atom. The number of aliphatic hydroxyl groups excluding tert-OH is 2. The van der Waals surface area contributed by atoms with Gasteiger partial charge in [0, 0.05) is 30.8 Å². The lowest BCUT2D eigenvalue weighted by atomic mass is 9.79. The predicted molar refractivity (Wildman–Crippen MR) is 100 cm³/mol. The standard InChI is InChI=1S/C21H24O8/c1-9-7-15(28-21(26)13(24)5-6-22)18-11(3)20(25)29-19(18)17-10(2)8-14(16(9)17)27-12(4)23/h5,8,14-19,22,24H,1,3,6-7H2,2,4H3/b13-5-/t14-,15-,16-,17+,18+,19-/m1/s1. The lowest BCUT2D eigenvalue weighted by Gasteiger charge is -2.29. The molecule has 0 radical (unpaired) electrons. The van der Waals surface area contributed by atoms with E-state index in [1.807, 2.05) is 13.0 Å². The Kier molecular flexibility index (Phi) is 5.66. The van der Waals surface area contributed by atoms with Crippen LogP contribution in [-0.2, 0) is 28.6 Å². The fourth-order valence-electron chi connectivity index (χ4n) is 4.55. The number of aliphatic hydroxyl groups is 2. The van der Waals surface area contributed by atoms with Gasteiger partial charge in [0.1, 0.15) is 18.3 Å². The van der Waals surface area contributed by atoms with Crippen molar-refractivity contribution in [2.24, 2.45) is 17.8 Å². The Morgan fingerprint density at radius 3 is 2.59 bits per heavy atom. The van der Waals surface area contributed by atoms with Gasteiger partial charge in [-0.3, -0.25) is 4.79 Å². The van der Waals surface area contributed by atoms with Gasteiger partial charge in [0.25, 0.3) is 0 Å². The Bertz CT molecular complexity index is 836. The second kappa shape index (κ2) is 7.87. The molecular formula is C21H24O8. The van der Waals surface area contributed by atoms with E-state index < -0.39 is 54.5 Å². The fraction of sp³-hybridized carbons (Fsp3) is 0.476. The maximum Gasteiger partial charge on any atom is 0.373 e. The number of hydrogen-bond donors (Lipinski definition) is 2. The largest absolute Gasteiger partial charge is 0.502 e. The van der Waals surface area contributed by atoms with E-state index in [1.165, 1.54) is 6.92 Å². The number of carbonyl (C=O) groups is 3. The first-order chi connectivity index (χ1) is 13.6. The Balaban J connectivity index is 1.97. The molecule has 0 unspecified atom stereocenters. The molecule has 1 saturated heterocycles. The smallest absolute Gasteiger partial charge is 0.373 e. The molecule has 0 amide bonds. The van der Waals surface area contributed by atoms with Gasteiger partial charge in [0.2, 0.25) is 0 Å². The molecule has 0 aromatic heterocycles. The van der Waals surface area contributed by atoms with Crippen LogP contribution in [-0.4, -0.2) is 53.0 Å². The maximum atomic E-state index is 12.3. The molecule has 0 aromatic carbocycles. The normalized spacial score (nSPS) is 34.0. The van der Waals surface area contributed by atoms with Crippen LogP contribution < -0.4 is 0 Å². The van der Waals surface area contributed by atoms with E-state index in [1.54, 1.807) is 0 Å². The average molecular weight is 404 g/mol. The van der Waals surface area contributed by atoms with Crippen LogP contribution in [0.25, 0.3) is 0 Å². The van der Waals surface area contributed by atoms with Gasteiger partial charge in [-0.15, -0.1) is 0 Å². The zero-order chi connectivity index (χ0) is 21.5. The highest BCUT2D eigenvalue weighted by molar-refractivity contribution is 5.91. The highest BCUT2D eigenvalue weighted by atomic mass is 16.6. The van der Waals surface area contributed by atoms with E-state index in [2.05, 4.69) is 13.2 Å². The van der Waals surface area contributed by atoms with Crippen LogP contribution in [0.15, 0.2) is 47.8 Å². The quantitative estimate of drug-likeness (QED) is 0.238. The van der Waals surface area contributed by atoms with Crippen LogP contribution in [0.5, 0.6) is 0 Å². The topological polar surface area (TPSA) is 119 Å². The van der Waals surface area contributed by atoms with Crippen LogP contribution in [0.3, 0.4) is 0 Å². The summed E-state index contributed by atoms with van der Waals surface area (Å²) < 4.78 is 16.5. The molecule has 2 N–H and O–H groups in total. The minimum Gasteiger partial charge on any atom is -0.502 e. The number of fused-ring (bicyclic) bond motifs is 3. The molecule has 29 heavy (non-hydrogen) atoms. The predicted octanol–water partition coefficient (Wildman–Crippen LogP) is 1.51. The Hall–Kier alpha value is -2.87. The van der Waals surface area contributed by atoms with Gasteiger partial charge in [-0.1, -0.05) is 24.3 Å². The van der Waals surface area contributed by atoms with Gasteiger partial charge < -0.3 is 24.4 Å². The summed E-state index contributed by atoms with van der Waals surface area (Å²) in [4.78, 5) is 36.0. The van der Waals surface area contributed by atoms with Crippen molar-refractivity contribution >= 4 is 17.9 Å². The average Bonchev–Trinajstić information content (AvgIpc) is 3.05. The van der Waals surface area contributed by atoms with Crippen LogP contribution in [0.4, 0.5) is 0 Å². The van der Waals surface area contributed by atoms with Gasteiger partial charge in [-0.2, -0.15) is 0 Å². The SMILES string of the molecule is C=C1C(=O)O[C@@H]2[C@H]3C(C)=C[C@@H](OC(C)=O)[C@H]3C(=C)C[C@@H](OC(=O)/C(O)=C/CO)[C@H]12. The summed E-state index contributed by atoms with van der Waals surface area (Å²) >= 11 is 0. The van der Waals surface area contributed by atoms with E-state index in [0.717, 1.165) is 11.6 Å². The molecule has 156 valence electrons. The van der Waals surface area contributed by atoms with Crippen molar-refractivity contribution in [3.63, 3.8) is 0 Å². The summed E-state index contributed by atoms with van der Waals surface area (Å²) in [6, 6.07) is 0. The van der Waals surface area contributed by atoms with Gasteiger partial charge in [0.15, 0.2) is 5.76 Å². The van der Waals surface area contributed by atoms with E-state index in [0.29, 0.717) is 5.57 Å². The zero-order valence-electron chi connectivity index (χ0n) is 16.3. The van der Waals surface area contributed by atoms with Crippen molar-refractivity contribution in [2.75, 3.05) is 6.61 Å². The molecule has 3 aliphatic rings. The molecule has 0 aromatic rings. The fourth-order valence-corrected chi connectivity index (χ4v) is 4.55. The van der Waals surface area contributed by atoms with E-state index >= 15 is 0 Å². The van der Waals surface area contributed by atoms with Crippen molar-refractivity contribution < 1.29 is 38.8 Å². The maximum absolute atomic E-state index is 12.3. The number of hydrogen-bond acceptors (Lipinski definition) is 8. The lowest BCUT2D eigenvalue weighted by Crippen LogP contribution is -2.37. The molecule has 2 aliphatic carbocycles. The van der Waals surface area contributed by atoms with Crippen molar-refractivity contribution in [3.8, 4) is 0 Å². The summed E-state index contributed by atoms with van der Waals surface area (Å²) in [6.07, 6.45) is 0.831. The first kappa shape index (κ1) is 20.9. The van der Waals surface area contributed by atoms with E-state index in [4.69, 9.17) is 19.3 Å². The third kappa shape index (κ3) is 3.72. The first-order valence-corrected chi connectivity index (χ1v) is 9.29. The van der Waals surface area contributed by atoms with E-state index in [-0.39, 0.29) is 23.8 Å². The summed E-state index contributed by atoms with van der Waals surface area (Å²) in [5, 5.41) is 18.6. The molecular weight excluding hydrogens is 380 g/mol. The van der Waals surface area contributed by atoms with E-state index in [9.17, 15) is 19.5 Å². The summed E-state index contributed by atoms with van der Waals surface area (Å²) in [5.74, 6) is -4.06. The second-order valence-electron chi connectivity index (χ2n) is 7.54. The molecule has 1 saturated carbocycles. The van der Waals surface area contributed by atoms with Gasteiger partial charge in [-0.25, -0.2) is 9.59 Å². The Morgan fingerprint density at radius 2 is 1.97 bits per heavy atom. The molecule has 8 nitrogen and oxygen atoms in total. The van der Waals surface area contributed by atoms with Crippen LogP contribution >= 0.6 is 0 Å². The van der Waals surface area contributed by atoms with Crippen molar-refractivity contribution in [3.05, 3.63) is 47.8 Å². The molecule has 0 bridgehead atoms. The second-order valence-corrected chi connectivity index (χ2v) is 7.54. The van der Waals surface area contributed by atoms with Crippen molar-refractivity contribution in [2.45, 2.75) is 38.6 Å². The van der Waals surface area contributed by atoms with Gasteiger partial charge in [0.05, 0.1) is 12.5 Å². The molecule has 3 rings (SSSR count). The number of ether oxygens (including phenoxy) is 3. The van der Waals surface area contributed by atoms with Crippen LogP contribution in [0.1, 0.15) is 20.3 Å². The summed E-state index contributed by atoms with van der Waals surface area (Å²) in [5.41, 5.74) is 1.74. The minimum atomic E-state index is -1.03. The number of carbonyl (C=O) groups excluding carboxylic acids is 3. The molecule has 8 heteroatoms. The minimum absolute atomic E-state index is 0.176. The third-order valence-corrected chi connectivity index (χ3v) is 5.70. The number of rotatable bonds is 4. The van der Waals surface area contributed by atoms with Crippen molar-refractivity contribution in [1.82, 2.24) is 0 Å². The zero-order valence-corrected chi connectivity index (χ0v) is 16.3. The molecule has 2 fully saturated rings. The van der Waals surface area contributed by atoms with Gasteiger partial charge in [-0.05, 0) is 19.1 Å². The van der Waals surface area contributed by atoms with Crippen LogP contribution in [0.2, 0.25) is 0 Å². The molecule has 1 heterocycles. The lowest BCUT2D eigenvalue weighted by molar-refractivity contribution is -0.152. The highest BCUT2D eigenvalue weighted by Gasteiger charge is 2.57. The molecule has 1 aliphatic heterocycles. The third-order valence-electron chi connectivity index (χ3n) is 5.70. The Labute approximate surface area is 168 Å². The highest BCUT2D eigenvalue weighted by Crippen LogP contribution is 2.51. The van der Waals surface area contributed by atoms with Crippen molar-refractivity contribution in [1.29, 1.82) is 0 Å². The number of esters is 3.